The molecule has 1 amide bonds. The molecule has 0 spiro atoms. The first-order chi connectivity index (χ1) is 15.4. The number of anilines is 1. The van der Waals surface area contributed by atoms with E-state index >= 15 is 0 Å². The van der Waals surface area contributed by atoms with E-state index in [1.807, 2.05) is 4.90 Å². The van der Waals surface area contributed by atoms with Gasteiger partial charge in [-0.3, -0.25) is 19.8 Å². The van der Waals surface area contributed by atoms with Crippen molar-refractivity contribution in [3.05, 3.63) is 33.9 Å². The fourth-order valence-electron chi connectivity index (χ4n) is 5.58. The molecule has 2 unspecified atom stereocenters. The van der Waals surface area contributed by atoms with Crippen molar-refractivity contribution in [2.75, 3.05) is 70.3 Å². The Morgan fingerprint density at radius 3 is 2.16 bits per heavy atom. The van der Waals surface area contributed by atoms with Gasteiger partial charge in [-0.25, -0.2) is 0 Å². The van der Waals surface area contributed by atoms with Gasteiger partial charge in [0.05, 0.1) is 4.92 Å². The molecule has 4 rings (SSSR count). The Kier molecular flexibility index (Phi) is 7.30. The zero-order chi connectivity index (χ0) is 22.7. The standard InChI is InChI=1S/C24H37N5O3/c1-19-15-20(2)18-28(17-19)22-6-5-21(16-23(22)29(31)32)24(30)27-13-11-26(12-14-27)10-9-25-7-3-4-8-25/h5-6,16,19-20H,3-4,7-15,17-18H2,1-2H3. The number of piperidine rings is 1. The molecule has 3 heterocycles. The molecular weight excluding hydrogens is 406 g/mol. The zero-order valence-electron chi connectivity index (χ0n) is 19.5. The fourth-order valence-corrected chi connectivity index (χ4v) is 5.58. The molecular formula is C24H37N5O3. The van der Waals surface area contributed by atoms with Crippen LogP contribution in [0.4, 0.5) is 11.4 Å². The molecule has 3 aliphatic heterocycles. The van der Waals surface area contributed by atoms with E-state index in [-0.39, 0.29) is 16.5 Å². The summed E-state index contributed by atoms with van der Waals surface area (Å²) in [4.78, 5) is 33.5. The molecule has 0 radical (unpaired) electrons. The third-order valence-corrected chi connectivity index (χ3v) is 7.22. The topological polar surface area (TPSA) is 73.2 Å². The number of amides is 1. The maximum Gasteiger partial charge on any atom is 0.293 e. The molecule has 2 atom stereocenters. The number of nitro benzene ring substituents is 1. The van der Waals surface area contributed by atoms with Crippen LogP contribution in [-0.4, -0.2) is 91.0 Å². The largest absolute Gasteiger partial charge is 0.365 e. The molecule has 0 aromatic heterocycles. The smallest absolute Gasteiger partial charge is 0.293 e. The average molecular weight is 444 g/mol. The first-order valence-electron chi connectivity index (χ1n) is 12.2. The van der Waals surface area contributed by atoms with Crippen LogP contribution in [0, 0.1) is 22.0 Å². The first-order valence-corrected chi connectivity index (χ1v) is 12.2. The number of benzene rings is 1. The number of nitro groups is 1. The third-order valence-electron chi connectivity index (χ3n) is 7.22. The van der Waals surface area contributed by atoms with Gasteiger partial charge in [0.25, 0.3) is 11.6 Å². The lowest BCUT2D eigenvalue weighted by Gasteiger charge is -2.36. The second-order valence-electron chi connectivity index (χ2n) is 9.99. The lowest BCUT2D eigenvalue weighted by molar-refractivity contribution is -0.384. The zero-order valence-corrected chi connectivity index (χ0v) is 19.5. The van der Waals surface area contributed by atoms with Gasteiger partial charge in [-0.05, 0) is 56.3 Å². The Morgan fingerprint density at radius 1 is 0.969 bits per heavy atom. The lowest BCUT2D eigenvalue weighted by Crippen LogP contribution is -2.50. The second-order valence-corrected chi connectivity index (χ2v) is 9.99. The highest BCUT2D eigenvalue weighted by Gasteiger charge is 2.29. The molecule has 3 aliphatic rings. The van der Waals surface area contributed by atoms with Gasteiger partial charge in [0.2, 0.25) is 0 Å². The van der Waals surface area contributed by atoms with E-state index < -0.39 is 0 Å². The molecule has 0 aliphatic carbocycles. The molecule has 3 fully saturated rings. The van der Waals surface area contributed by atoms with Crippen LogP contribution in [0.5, 0.6) is 0 Å². The Hall–Kier alpha value is -2.19. The Labute approximate surface area is 191 Å². The van der Waals surface area contributed by atoms with E-state index in [0.29, 0.717) is 36.2 Å². The van der Waals surface area contributed by atoms with Gasteiger partial charge < -0.3 is 14.7 Å². The van der Waals surface area contributed by atoms with Gasteiger partial charge in [0.15, 0.2) is 0 Å². The summed E-state index contributed by atoms with van der Waals surface area (Å²) in [5, 5.41) is 11.8. The number of piperazine rings is 1. The van der Waals surface area contributed by atoms with Crippen molar-refractivity contribution in [3.63, 3.8) is 0 Å². The van der Waals surface area contributed by atoms with Crippen LogP contribution < -0.4 is 4.90 Å². The number of rotatable bonds is 6. The van der Waals surface area contributed by atoms with Gasteiger partial charge >= 0.3 is 0 Å². The monoisotopic (exact) mass is 443 g/mol. The quantitative estimate of drug-likeness (QED) is 0.497. The summed E-state index contributed by atoms with van der Waals surface area (Å²) in [5.41, 5.74) is 1.10. The summed E-state index contributed by atoms with van der Waals surface area (Å²) >= 11 is 0. The number of hydrogen-bond acceptors (Lipinski definition) is 6. The molecule has 0 saturated carbocycles. The van der Waals surface area contributed by atoms with Crippen molar-refractivity contribution < 1.29 is 9.72 Å². The average Bonchev–Trinajstić information content (AvgIpc) is 3.30. The highest BCUT2D eigenvalue weighted by Crippen LogP contribution is 2.34. The van der Waals surface area contributed by atoms with Crippen molar-refractivity contribution in [3.8, 4) is 0 Å². The minimum absolute atomic E-state index is 0.0430. The van der Waals surface area contributed by atoms with E-state index in [1.165, 1.54) is 32.0 Å². The number of carbonyl (C=O) groups excluding carboxylic acids is 1. The third kappa shape index (κ3) is 5.41. The van der Waals surface area contributed by atoms with E-state index in [2.05, 4.69) is 28.5 Å². The summed E-state index contributed by atoms with van der Waals surface area (Å²) in [7, 11) is 0. The summed E-state index contributed by atoms with van der Waals surface area (Å²) in [6.45, 7) is 13.7. The Balaban J connectivity index is 1.38. The minimum atomic E-state index is -0.341. The van der Waals surface area contributed by atoms with Gasteiger partial charge in [-0.15, -0.1) is 0 Å². The highest BCUT2D eigenvalue weighted by molar-refractivity contribution is 5.96. The molecule has 3 saturated heterocycles. The van der Waals surface area contributed by atoms with Crippen molar-refractivity contribution in [2.45, 2.75) is 33.1 Å². The Morgan fingerprint density at radius 2 is 1.56 bits per heavy atom. The van der Waals surface area contributed by atoms with Gasteiger partial charge in [-0.2, -0.15) is 0 Å². The highest BCUT2D eigenvalue weighted by atomic mass is 16.6. The van der Waals surface area contributed by atoms with Crippen molar-refractivity contribution in [1.82, 2.24) is 14.7 Å². The van der Waals surface area contributed by atoms with E-state index in [1.54, 1.807) is 12.1 Å². The van der Waals surface area contributed by atoms with Crippen LogP contribution in [0.25, 0.3) is 0 Å². The Bertz CT molecular complexity index is 808. The van der Waals surface area contributed by atoms with Crippen LogP contribution in [0.3, 0.4) is 0 Å². The SMILES string of the molecule is CC1CC(C)CN(c2ccc(C(=O)N3CCN(CCN4CCCC4)CC3)cc2[N+](=O)[O-])C1. The summed E-state index contributed by atoms with van der Waals surface area (Å²) in [6, 6.07) is 5.04. The van der Waals surface area contributed by atoms with Gasteiger partial charge in [0, 0.05) is 64.0 Å². The van der Waals surface area contributed by atoms with Crippen molar-refractivity contribution >= 4 is 17.3 Å². The normalized spacial score (nSPS) is 25.3. The second kappa shape index (κ2) is 10.2. The number of nitrogens with zero attached hydrogens (tertiary/aromatic N) is 5. The van der Waals surface area contributed by atoms with E-state index in [0.717, 1.165) is 45.7 Å². The molecule has 8 nitrogen and oxygen atoms in total. The minimum Gasteiger partial charge on any atom is -0.365 e. The van der Waals surface area contributed by atoms with Crippen molar-refractivity contribution in [1.29, 1.82) is 0 Å². The first kappa shape index (κ1) is 23.0. The van der Waals surface area contributed by atoms with Crippen molar-refractivity contribution in [2.24, 2.45) is 11.8 Å². The number of likely N-dealkylation sites (tertiary alicyclic amines) is 1. The molecule has 0 bridgehead atoms. The summed E-state index contributed by atoms with van der Waals surface area (Å²) < 4.78 is 0. The van der Waals surface area contributed by atoms with Crippen LogP contribution in [0.15, 0.2) is 18.2 Å². The van der Waals surface area contributed by atoms with Crippen LogP contribution in [-0.2, 0) is 0 Å². The molecule has 0 N–H and O–H groups in total. The van der Waals surface area contributed by atoms with Crippen LogP contribution >= 0.6 is 0 Å². The maximum absolute atomic E-state index is 13.1. The molecule has 1 aromatic carbocycles. The molecule has 8 heteroatoms. The van der Waals surface area contributed by atoms with Gasteiger partial charge in [-0.1, -0.05) is 13.8 Å². The molecule has 176 valence electrons. The van der Waals surface area contributed by atoms with E-state index in [4.69, 9.17) is 0 Å². The maximum atomic E-state index is 13.1. The number of carbonyl (C=O) groups is 1. The fraction of sp³-hybridized carbons (Fsp3) is 0.708. The summed E-state index contributed by atoms with van der Waals surface area (Å²) in [5.74, 6) is 0.905. The molecule has 32 heavy (non-hydrogen) atoms. The lowest BCUT2D eigenvalue weighted by atomic mass is 9.91. The summed E-state index contributed by atoms with van der Waals surface area (Å²) in [6.07, 6.45) is 3.76. The molecule has 1 aromatic rings. The van der Waals surface area contributed by atoms with E-state index in [9.17, 15) is 14.9 Å². The predicted molar refractivity (Wildman–Crippen MR) is 126 cm³/mol. The predicted octanol–water partition coefficient (Wildman–Crippen LogP) is 2.93. The van der Waals surface area contributed by atoms with Crippen LogP contribution in [0.1, 0.15) is 43.5 Å². The number of hydrogen-bond donors (Lipinski definition) is 0. The van der Waals surface area contributed by atoms with Crippen LogP contribution in [0.2, 0.25) is 0 Å². The van der Waals surface area contributed by atoms with Gasteiger partial charge in [0.1, 0.15) is 5.69 Å².